The van der Waals surface area contributed by atoms with Gasteiger partial charge in [0.15, 0.2) is 0 Å². The maximum Gasteiger partial charge on any atom is 0.490 e. The molecule has 13 N–H and O–H groups in total. The van der Waals surface area contributed by atoms with Gasteiger partial charge in [-0.1, -0.05) is 30.7 Å². The number of phenolic OH excluding ortho intramolecular Hbond substituents is 2. The fourth-order valence-corrected chi connectivity index (χ4v) is 6.76. The van der Waals surface area contributed by atoms with E-state index in [-0.39, 0.29) is 94.6 Å². The summed E-state index contributed by atoms with van der Waals surface area (Å²) in [6.07, 6.45) is -2.75. The van der Waals surface area contributed by atoms with Gasteiger partial charge in [-0.2, -0.15) is 13.2 Å². The van der Waals surface area contributed by atoms with E-state index in [9.17, 15) is 81.9 Å². The summed E-state index contributed by atoms with van der Waals surface area (Å²) in [7, 11) is 0. The van der Waals surface area contributed by atoms with Gasteiger partial charge in [0.2, 0.25) is 11.8 Å². The van der Waals surface area contributed by atoms with Gasteiger partial charge in [-0.3, -0.25) is 38.6 Å². The summed E-state index contributed by atoms with van der Waals surface area (Å²) in [6.45, 7) is -0.139. The average Bonchev–Trinajstić information content (AvgIpc) is 3.29. The first-order valence-electron chi connectivity index (χ1n) is 23.0. The first-order chi connectivity index (χ1) is 34.7. The van der Waals surface area contributed by atoms with Gasteiger partial charge in [-0.15, -0.1) is 0 Å². The fraction of sp³-hybridized carbons (Fsp3) is 0.522. The van der Waals surface area contributed by atoms with Gasteiger partial charge in [0.25, 0.3) is 0 Å². The molecule has 0 aliphatic carbocycles. The Kier molecular flexibility index (Phi) is 29.4. The number of aryl methyl sites for hydroxylation is 2. The number of urea groups is 1. The minimum absolute atomic E-state index is 0.00728. The lowest BCUT2D eigenvalue weighted by atomic mass is 10.0. The van der Waals surface area contributed by atoms with Gasteiger partial charge in [-0.25, -0.2) is 19.2 Å². The molecule has 0 saturated heterocycles. The molecule has 0 aromatic heterocycles. The Bertz CT molecular complexity index is 2230. The van der Waals surface area contributed by atoms with Crippen molar-refractivity contribution in [3.8, 4) is 11.5 Å². The monoisotopic (exact) mass is 1060 g/mol. The van der Waals surface area contributed by atoms with Crippen LogP contribution in [0, 0.1) is 0 Å². The molecule has 0 radical (unpaired) electrons. The maximum atomic E-state index is 12.6. The Labute approximate surface area is 421 Å². The zero-order valence-corrected chi connectivity index (χ0v) is 40.1. The molecule has 2 aromatic rings. The first-order valence-corrected chi connectivity index (χ1v) is 23.0. The number of hydrogen-bond donors (Lipinski definition) is 13. The van der Waals surface area contributed by atoms with E-state index in [1.807, 2.05) is 0 Å². The van der Waals surface area contributed by atoms with Gasteiger partial charge >= 0.3 is 54.0 Å². The fourth-order valence-electron chi connectivity index (χ4n) is 6.76. The highest BCUT2D eigenvalue weighted by molar-refractivity contribution is 5.86. The third kappa shape index (κ3) is 29.6. The van der Waals surface area contributed by atoms with E-state index in [1.54, 1.807) is 24.3 Å². The van der Waals surface area contributed by atoms with Crippen LogP contribution in [0.5, 0.6) is 11.5 Å². The molecule has 0 fully saturated rings. The number of nitrogens with one attached hydrogen (secondary N) is 4. The van der Waals surface area contributed by atoms with Crippen LogP contribution in [0.15, 0.2) is 36.4 Å². The normalized spacial score (nSPS) is 11.9. The van der Waals surface area contributed by atoms with Gasteiger partial charge < -0.3 is 67.2 Å². The van der Waals surface area contributed by atoms with Gasteiger partial charge in [0, 0.05) is 76.1 Å². The van der Waals surface area contributed by atoms with E-state index in [0.29, 0.717) is 67.3 Å². The molecular weight excluding hydrogens is 998 g/mol. The summed E-state index contributed by atoms with van der Waals surface area (Å²) in [5.41, 5.74) is 2.12. The number of unbranched alkanes of at least 4 members (excludes halogenated alkanes) is 3. The quantitative estimate of drug-likeness (QED) is 0.0440. The summed E-state index contributed by atoms with van der Waals surface area (Å²) in [5.74, 6) is -10.8. The highest BCUT2D eigenvalue weighted by Crippen LogP contribution is 2.24. The van der Waals surface area contributed by atoms with Crippen LogP contribution in [-0.4, -0.2) is 173 Å². The second-order valence-electron chi connectivity index (χ2n) is 16.7. The molecule has 0 unspecified atom stereocenters. The summed E-state index contributed by atoms with van der Waals surface area (Å²) in [4.78, 5) is 117. The van der Waals surface area contributed by atoms with Crippen LogP contribution in [-0.2, 0) is 69.1 Å². The lowest BCUT2D eigenvalue weighted by Crippen LogP contribution is -2.51. The molecule has 0 bridgehead atoms. The predicted octanol–water partition coefficient (Wildman–Crippen LogP) is 2.19. The lowest BCUT2D eigenvalue weighted by Gasteiger charge is -2.26. The van der Waals surface area contributed by atoms with E-state index in [1.165, 1.54) is 21.9 Å². The van der Waals surface area contributed by atoms with Crippen molar-refractivity contribution in [3.63, 3.8) is 0 Å². The predicted molar refractivity (Wildman–Crippen MR) is 250 cm³/mol. The van der Waals surface area contributed by atoms with Crippen LogP contribution in [0.2, 0.25) is 0 Å². The Morgan fingerprint density at radius 3 is 1.35 bits per heavy atom. The Balaban J connectivity index is 0.00000363. The number of alkyl halides is 3. The molecule has 28 heteroatoms. The SMILES string of the molecule is O=C(O)C(F)(F)F.O=C(O)CCc1ccc(O)c(CN(CCN(CC(=O)O)Cc2cc(CCC(=O)NCCCCCC(=O)NCCCC[C@H](NC(=O)N[C@@H](CCC(=O)O)C(=O)O)C(=O)O)ccc2O)CC(=O)O)c1. The first kappa shape index (κ1) is 64.3. The number of carboxylic acid groups (broad SMARTS) is 7. The Hall–Kier alpha value is -7.75. The van der Waals surface area contributed by atoms with Crippen molar-refractivity contribution in [2.75, 3.05) is 39.3 Å². The number of nitrogens with zero attached hydrogens (tertiary/aromatic N) is 2. The van der Waals surface area contributed by atoms with Crippen molar-refractivity contribution in [1.29, 1.82) is 0 Å². The van der Waals surface area contributed by atoms with Crippen molar-refractivity contribution in [3.05, 3.63) is 58.7 Å². The second-order valence-corrected chi connectivity index (χ2v) is 16.7. The largest absolute Gasteiger partial charge is 0.508 e. The molecule has 0 spiro atoms. The van der Waals surface area contributed by atoms with Crippen LogP contribution in [0.3, 0.4) is 0 Å². The number of hydrogen-bond acceptors (Lipinski definition) is 14. The summed E-state index contributed by atoms with van der Waals surface area (Å²) in [5, 5.41) is 93.5. The smallest absolute Gasteiger partial charge is 0.490 e. The number of carbonyl (C=O) groups is 10. The van der Waals surface area contributed by atoms with E-state index < -0.39 is 85.6 Å². The zero-order chi connectivity index (χ0) is 56.0. The van der Waals surface area contributed by atoms with E-state index in [4.69, 9.17) is 25.2 Å². The number of rotatable bonds is 35. The topological polar surface area (TPSA) is 407 Å². The molecule has 2 atom stereocenters. The number of phenols is 2. The Morgan fingerprint density at radius 2 is 0.932 bits per heavy atom. The van der Waals surface area contributed by atoms with Crippen LogP contribution in [0.4, 0.5) is 18.0 Å². The summed E-state index contributed by atoms with van der Waals surface area (Å²) < 4.78 is 31.7. The lowest BCUT2D eigenvalue weighted by molar-refractivity contribution is -0.192. The number of aromatic hydroxyl groups is 2. The number of aliphatic carboxylic acids is 7. The molecule has 0 heterocycles. The molecule has 0 aliphatic heterocycles. The van der Waals surface area contributed by atoms with Crippen molar-refractivity contribution < 1.29 is 107 Å². The van der Waals surface area contributed by atoms with Crippen LogP contribution < -0.4 is 21.3 Å². The molecule has 0 aliphatic rings. The minimum Gasteiger partial charge on any atom is -0.508 e. The molecule has 2 aromatic carbocycles. The summed E-state index contributed by atoms with van der Waals surface area (Å²) >= 11 is 0. The van der Waals surface area contributed by atoms with Crippen molar-refractivity contribution >= 4 is 59.6 Å². The second kappa shape index (κ2) is 33.8. The van der Waals surface area contributed by atoms with Crippen LogP contribution >= 0.6 is 0 Å². The molecular formula is C46H63F3N6O19. The number of benzene rings is 2. The molecule has 25 nitrogen and oxygen atoms in total. The number of carbonyl (C=O) groups excluding carboxylic acids is 3. The minimum atomic E-state index is -5.08. The van der Waals surface area contributed by atoms with Crippen molar-refractivity contribution in [2.45, 2.75) is 115 Å². The van der Waals surface area contributed by atoms with Crippen LogP contribution in [0.25, 0.3) is 0 Å². The molecule has 74 heavy (non-hydrogen) atoms. The number of amides is 4. The third-order valence-electron chi connectivity index (χ3n) is 10.5. The highest BCUT2D eigenvalue weighted by Gasteiger charge is 2.38. The summed E-state index contributed by atoms with van der Waals surface area (Å²) in [6, 6.07) is 5.41. The number of carboxylic acids is 7. The van der Waals surface area contributed by atoms with Crippen molar-refractivity contribution in [1.82, 2.24) is 31.1 Å². The number of halogens is 3. The molecule has 4 amide bonds. The van der Waals surface area contributed by atoms with E-state index in [2.05, 4.69) is 21.3 Å². The van der Waals surface area contributed by atoms with Crippen molar-refractivity contribution in [2.24, 2.45) is 0 Å². The van der Waals surface area contributed by atoms with Gasteiger partial charge in [-0.05, 0) is 74.6 Å². The highest BCUT2D eigenvalue weighted by atomic mass is 19.4. The van der Waals surface area contributed by atoms with Crippen LogP contribution in [0.1, 0.15) is 92.9 Å². The maximum absolute atomic E-state index is 12.6. The standard InChI is InChI=1S/C44H62N6O17.C2HF3O2/c51-34-13-8-28(22-30(34)24-49(26-40(59)60)20-21-50(27-41(61)62)25-31-23-29(9-14-35(31)52)11-16-38(55)56)10-15-37(54)46-18-4-1-2-7-36(53)45-19-5-3-6-32(42(63)64)47-44(67)48-33(43(65)66)12-17-39(57)58;3-2(4,5)1(6)7/h8-9,13-14,22-23,32-33,51-52H,1-7,10-12,15-21,24-27H2,(H,45,53)(H,46,54)(H,55,56)(H,57,58)(H,59,60)(H,61,62)(H,63,64)(H,65,66)(H2,47,48,67);(H,6,7)/t32-,33-;/m0./s1. The Morgan fingerprint density at radius 1 is 0.514 bits per heavy atom. The van der Waals surface area contributed by atoms with E-state index >= 15 is 0 Å². The molecule has 0 saturated carbocycles. The van der Waals surface area contributed by atoms with Gasteiger partial charge in [0.1, 0.15) is 23.6 Å². The average molecular weight is 1060 g/mol. The third-order valence-corrected chi connectivity index (χ3v) is 10.5. The van der Waals surface area contributed by atoms with Gasteiger partial charge in [0.05, 0.1) is 13.1 Å². The molecule has 2 rings (SSSR count). The molecule has 412 valence electrons. The zero-order valence-electron chi connectivity index (χ0n) is 40.1. The van der Waals surface area contributed by atoms with E-state index in [0.717, 1.165) is 0 Å².